The van der Waals surface area contributed by atoms with Gasteiger partial charge in [0.25, 0.3) is 11.1 Å². The largest absolute Gasteiger partial charge is 0.485 e. The van der Waals surface area contributed by atoms with Crippen molar-refractivity contribution in [3.05, 3.63) is 30.2 Å². The van der Waals surface area contributed by atoms with Crippen LogP contribution >= 0.6 is 35.0 Å². The molecule has 2 aromatic rings. The zero-order chi connectivity index (χ0) is 15.2. The highest BCUT2D eigenvalue weighted by Crippen LogP contribution is 2.54. The molecule has 116 valence electrons. The Balaban J connectivity index is 1.40. The lowest BCUT2D eigenvalue weighted by Crippen LogP contribution is -2.21. The molecule has 1 aliphatic carbocycles. The normalized spacial score (nSPS) is 25.0. The third-order valence-electron chi connectivity index (χ3n) is 3.57. The molecule has 8 heteroatoms. The second-order valence-corrected chi connectivity index (χ2v) is 7.76. The highest BCUT2D eigenvalue weighted by molar-refractivity contribution is 7.99. The third-order valence-corrected chi connectivity index (χ3v) is 5.48. The number of ether oxygens (including phenoxy) is 2. The van der Waals surface area contributed by atoms with Crippen LogP contribution < -0.4 is 9.47 Å². The smallest absolute Gasteiger partial charge is 0.276 e. The van der Waals surface area contributed by atoms with Gasteiger partial charge in [-0.2, -0.15) is 0 Å². The van der Waals surface area contributed by atoms with Crippen molar-refractivity contribution >= 4 is 35.0 Å². The summed E-state index contributed by atoms with van der Waals surface area (Å²) >= 11 is 13.5. The highest BCUT2D eigenvalue weighted by atomic mass is 35.5. The predicted octanol–water partition coefficient (Wildman–Crippen LogP) is 3.87. The number of hydrogen-bond acceptors (Lipinski definition) is 6. The first kappa shape index (κ1) is 14.5. The number of alkyl halides is 2. The molecule has 0 bridgehead atoms. The van der Waals surface area contributed by atoms with Gasteiger partial charge in [-0.05, 0) is 18.6 Å². The van der Waals surface area contributed by atoms with Crippen molar-refractivity contribution < 1.29 is 13.9 Å². The van der Waals surface area contributed by atoms with E-state index in [1.165, 1.54) is 11.8 Å². The van der Waals surface area contributed by atoms with E-state index in [0.29, 0.717) is 23.5 Å². The second-order valence-electron chi connectivity index (χ2n) is 5.24. The molecular formula is C14H12Cl2N2O3S. The van der Waals surface area contributed by atoms with Crippen molar-refractivity contribution in [1.82, 2.24) is 10.2 Å². The summed E-state index contributed by atoms with van der Waals surface area (Å²) in [5, 5.41) is 8.55. The fourth-order valence-electron chi connectivity index (χ4n) is 2.17. The van der Waals surface area contributed by atoms with Crippen molar-refractivity contribution in [3.63, 3.8) is 0 Å². The van der Waals surface area contributed by atoms with E-state index in [1.54, 1.807) is 0 Å². The second kappa shape index (κ2) is 5.51. The molecule has 1 saturated carbocycles. The molecule has 1 aromatic heterocycles. The van der Waals surface area contributed by atoms with E-state index < -0.39 is 10.4 Å². The monoisotopic (exact) mass is 358 g/mol. The van der Waals surface area contributed by atoms with Gasteiger partial charge in [0.2, 0.25) is 6.10 Å². The Morgan fingerprint density at radius 1 is 1.23 bits per heavy atom. The van der Waals surface area contributed by atoms with Gasteiger partial charge in [-0.25, -0.2) is 0 Å². The molecule has 2 heterocycles. The molecule has 2 aliphatic rings. The topological polar surface area (TPSA) is 57.4 Å². The SMILES string of the molecule is ClC1(Cl)CC1CSc1nnc(C2COc3ccccc3O2)o1. The Kier molecular flexibility index (Phi) is 3.63. The number of nitrogens with zero attached hydrogens (tertiary/aromatic N) is 2. The maximum atomic E-state index is 6.00. The van der Waals surface area contributed by atoms with Gasteiger partial charge < -0.3 is 13.9 Å². The molecule has 4 rings (SSSR count). The van der Waals surface area contributed by atoms with Gasteiger partial charge in [-0.15, -0.1) is 33.4 Å². The summed E-state index contributed by atoms with van der Waals surface area (Å²) in [6.07, 6.45) is 0.415. The number of aromatic nitrogens is 2. The van der Waals surface area contributed by atoms with Crippen LogP contribution in [0.25, 0.3) is 0 Å². The van der Waals surface area contributed by atoms with Gasteiger partial charge in [0.05, 0.1) is 0 Å². The summed E-state index contributed by atoms with van der Waals surface area (Å²) in [5.74, 6) is 2.85. The average molecular weight is 359 g/mol. The maximum absolute atomic E-state index is 6.00. The zero-order valence-corrected chi connectivity index (χ0v) is 13.7. The van der Waals surface area contributed by atoms with Gasteiger partial charge in [-0.3, -0.25) is 0 Å². The first-order chi connectivity index (χ1) is 10.6. The lowest BCUT2D eigenvalue weighted by molar-refractivity contribution is 0.0686. The number of hydrogen-bond donors (Lipinski definition) is 0. The van der Waals surface area contributed by atoms with Crippen LogP contribution in [0.1, 0.15) is 18.4 Å². The molecule has 1 aliphatic heterocycles. The molecule has 5 nitrogen and oxygen atoms in total. The molecule has 1 aromatic carbocycles. The first-order valence-corrected chi connectivity index (χ1v) is 8.58. The van der Waals surface area contributed by atoms with Crippen LogP contribution in [-0.4, -0.2) is 26.9 Å². The average Bonchev–Trinajstić information content (AvgIpc) is 2.94. The number of para-hydroxylation sites is 2. The summed E-state index contributed by atoms with van der Waals surface area (Å²) in [6.45, 7) is 0.346. The molecule has 0 amide bonds. The molecule has 2 unspecified atom stereocenters. The quantitative estimate of drug-likeness (QED) is 0.610. The predicted molar refractivity (Wildman–Crippen MR) is 82.9 cm³/mol. The molecule has 2 atom stereocenters. The van der Waals surface area contributed by atoms with E-state index in [0.717, 1.165) is 17.9 Å². The van der Waals surface area contributed by atoms with Crippen LogP contribution in [0.15, 0.2) is 33.9 Å². The van der Waals surface area contributed by atoms with Crippen LogP contribution in [0.3, 0.4) is 0 Å². The Morgan fingerprint density at radius 2 is 2.00 bits per heavy atom. The summed E-state index contributed by atoms with van der Waals surface area (Å²) in [5.41, 5.74) is 0. The van der Waals surface area contributed by atoms with E-state index >= 15 is 0 Å². The Morgan fingerprint density at radius 3 is 2.77 bits per heavy atom. The van der Waals surface area contributed by atoms with Crippen LogP contribution in [0.5, 0.6) is 11.5 Å². The minimum atomic E-state index is -0.583. The van der Waals surface area contributed by atoms with E-state index in [9.17, 15) is 0 Å². The van der Waals surface area contributed by atoms with Gasteiger partial charge in [-0.1, -0.05) is 23.9 Å². The lowest BCUT2D eigenvalue weighted by Gasteiger charge is -2.23. The van der Waals surface area contributed by atoms with Crippen molar-refractivity contribution in [3.8, 4) is 11.5 Å². The molecule has 1 fully saturated rings. The van der Waals surface area contributed by atoms with Crippen LogP contribution in [0.4, 0.5) is 0 Å². The van der Waals surface area contributed by atoms with Gasteiger partial charge in [0.1, 0.15) is 10.9 Å². The molecule has 0 spiro atoms. The minimum absolute atomic E-state index is 0.275. The molecule has 0 radical (unpaired) electrons. The molecule has 22 heavy (non-hydrogen) atoms. The standard InChI is InChI=1S/C14H12Cl2N2O3S/c15-14(16)5-8(14)7-22-13-18-17-12(21-13)11-6-19-9-3-1-2-4-10(9)20-11/h1-4,8,11H,5-7H2. The van der Waals surface area contributed by atoms with Crippen molar-refractivity contribution in [2.24, 2.45) is 5.92 Å². The highest BCUT2D eigenvalue weighted by Gasteiger charge is 2.51. The molecule has 0 saturated heterocycles. The molecule has 0 N–H and O–H groups in total. The third kappa shape index (κ3) is 2.87. The number of rotatable bonds is 4. The summed E-state index contributed by atoms with van der Waals surface area (Å²) < 4.78 is 16.5. The fraction of sp³-hybridized carbons (Fsp3) is 0.429. The van der Waals surface area contributed by atoms with Gasteiger partial charge in [0, 0.05) is 11.7 Å². The Bertz CT molecular complexity index is 694. The summed E-state index contributed by atoms with van der Waals surface area (Å²) in [4.78, 5) is 0. The van der Waals surface area contributed by atoms with Crippen LogP contribution in [-0.2, 0) is 0 Å². The minimum Gasteiger partial charge on any atom is -0.485 e. The van der Waals surface area contributed by atoms with Crippen LogP contribution in [0.2, 0.25) is 0 Å². The Labute approximate surface area is 141 Å². The van der Waals surface area contributed by atoms with Gasteiger partial charge >= 0.3 is 0 Å². The van der Waals surface area contributed by atoms with Crippen molar-refractivity contribution in [1.29, 1.82) is 0 Å². The lowest BCUT2D eigenvalue weighted by atomic mass is 10.2. The first-order valence-electron chi connectivity index (χ1n) is 6.84. The van der Waals surface area contributed by atoms with E-state index in [1.807, 2.05) is 24.3 Å². The number of thioether (sulfide) groups is 1. The number of halogens is 2. The van der Waals surface area contributed by atoms with E-state index in [2.05, 4.69) is 10.2 Å². The van der Waals surface area contributed by atoms with E-state index in [-0.39, 0.29) is 5.92 Å². The zero-order valence-electron chi connectivity index (χ0n) is 11.4. The maximum Gasteiger partial charge on any atom is 0.276 e. The van der Waals surface area contributed by atoms with Crippen molar-refractivity contribution in [2.45, 2.75) is 22.1 Å². The summed E-state index contributed by atoms with van der Waals surface area (Å²) in [7, 11) is 0. The molecular weight excluding hydrogens is 347 g/mol. The van der Waals surface area contributed by atoms with Gasteiger partial charge in [0.15, 0.2) is 11.5 Å². The van der Waals surface area contributed by atoms with Crippen LogP contribution in [0, 0.1) is 5.92 Å². The number of fused-ring (bicyclic) bond motifs is 1. The Hall–Kier alpha value is -1.11. The van der Waals surface area contributed by atoms with Crippen molar-refractivity contribution in [2.75, 3.05) is 12.4 Å². The number of benzene rings is 1. The summed E-state index contributed by atoms with van der Waals surface area (Å²) in [6, 6.07) is 7.50. The van der Waals surface area contributed by atoms with E-state index in [4.69, 9.17) is 37.1 Å². The fourth-order valence-corrected chi connectivity index (χ4v) is 3.87.